The van der Waals surface area contributed by atoms with Gasteiger partial charge in [-0.2, -0.15) is 0 Å². The zero-order chi connectivity index (χ0) is 12.2. The highest BCUT2D eigenvalue weighted by molar-refractivity contribution is 5.76. The zero-order valence-corrected chi connectivity index (χ0v) is 10.8. The van der Waals surface area contributed by atoms with Gasteiger partial charge in [0.2, 0.25) is 5.91 Å². The SMILES string of the molecule is CC(C)(C)N1CCN(C(=O)CCCN)CC1. The molecule has 0 radical (unpaired) electrons. The van der Waals surface area contributed by atoms with Crippen molar-refractivity contribution in [1.29, 1.82) is 0 Å². The molecule has 1 rings (SSSR count). The number of hydrogen-bond acceptors (Lipinski definition) is 3. The van der Waals surface area contributed by atoms with Crippen molar-refractivity contribution in [3.05, 3.63) is 0 Å². The topological polar surface area (TPSA) is 49.6 Å². The van der Waals surface area contributed by atoms with Crippen LogP contribution in [-0.4, -0.2) is 54.0 Å². The highest BCUT2D eigenvalue weighted by atomic mass is 16.2. The summed E-state index contributed by atoms with van der Waals surface area (Å²) < 4.78 is 0. The number of amides is 1. The molecule has 0 spiro atoms. The Bertz CT molecular complexity index is 227. The van der Waals surface area contributed by atoms with E-state index in [0.717, 1.165) is 32.6 Å². The summed E-state index contributed by atoms with van der Waals surface area (Å²) in [5.41, 5.74) is 5.62. The van der Waals surface area contributed by atoms with Gasteiger partial charge in [-0.3, -0.25) is 9.69 Å². The van der Waals surface area contributed by atoms with Crippen LogP contribution < -0.4 is 5.73 Å². The summed E-state index contributed by atoms with van der Waals surface area (Å²) in [7, 11) is 0. The van der Waals surface area contributed by atoms with E-state index in [0.29, 0.717) is 13.0 Å². The molecule has 0 unspecified atom stereocenters. The minimum atomic E-state index is 0.215. The molecular formula is C12H25N3O. The number of piperazine rings is 1. The van der Waals surface area contributed by atoms with Gasteiger partial charge in [-0.05, 0) is 33.7 Å². The van der Waals surface area contributed by atoms with Gasteiger partial charge >= 0.3 is 0 Å². The van der Waals surface area contributed by atoms with Gasteiger partial charge in [-0.1, -0.05) is 0 Å². The molecule has 0 aromatic rings. The smallest absolute Gasteiger partial charge is 0.222 e. The van der Waals surface area contributed by atoms with Crippen LogP contribution in [0.15, 0.2) is 0 Å². The number of carbonyl (C=O) groups is 1. The van der Waals surface area contributed by atoms with Crippen LogP contribution in [0.1, 0.15) is 33.6 Å². The van der Waals surface area contributed by atoms with Gasteiger partial charge in [0, 0.05) is 38.1 Å². The molecule has 1 aliphatic rings. The van der Waals surface area contributed by atoms with Gasteiger partial charge in [0.25, 0.3) is 0 Å². The van der Waals surface area contributed by atoms with Crippen molar-refractivity contribution in [3.8, 4) is 0 Å². The molecule has 1 saturated heterocycles. The van der Waals surface area contributed by atoms with Crippen molar-refractivity contribution < 1.29 is 4.79 Å². The van der Waals surface area contributed by atoms with Crippen LogP contribution in [0.5, 0.6) is 0 Å². The molecule has 0 atom stereocenters. The minimum Gasteiger partial charge on any atom is -0.340 e. The summed E-state index contributed by atoms with van der Waals surface area (Å²) >= 11 is 0. The summed E-state index contributed by atoms with van der Waals surface area (Å²) in [6.45, 7) is 11.0. The zero-order valence-electron chi connectivity index (χ0n) is 10.8. The number of nitrogens with zero attached hydrogens (tertiary/aromatic N) is 2. The summed E-state index contributed by atoms with van der Waals surface area (Å²) in [5, 5.41) is 0. The van der Waals surface area contributed by atoms with Gasteiger partial charge in [0.15, 0.2) is 0 Å². The van der Waals surface area contributed by atoms with E-state index in [2.05, 4.69) is 25.7 Å². The minimum absolute atomic E-state index is 0.215. The molecule has 1 amide bonds. The van der Waals surface area contributed by atoms with Crippen molar-refractivity contribution in [2.24, 2.45) is 5.73 Å². The van der Waals surface area contributed by atoms with Crippen LogP contribution in [0.3, 0.4) is 0 Å². The summed E-state index contributed by atoms with van der Waals surface area (Å²) in [6, 6.07) is 0. The predicted octanol–water partition coefficient (Wildman–Crippen LogP) is 0.668. The van der Waals surface area contributed by atoms with Crippen molar-refractivity contribution in [3.63, 3.8) is 0 Å². The maximum atomic E-state index is 11.8. The maximum absolute atomic E-state index is 11.8. The first kappa shape index (κ1) is 13.5. The fraction of sp³-hybridized carbons (Fsp3) is 0.917. The predicted molar refractivity (Wildman–Crippen MR) is 66.2 cm³/mol. The molecule has 0 aromatic heterocycles. The Balaban J connectivity index is 2.34. The molecule has 0 saturated carbocycles. The average molecular weight is 227 g/mol. The Labute approximate surface area is 98.8 Å². The average Bonchev–Trinajstić information content (AvgIpc) is 2.25. The Hall–Kier alpha value is -0.610. The van der Waals surface area contributed by atoms with Crippen molar-refractivity contribution in [2.45, 2.75) is 39.2 Å². The molecule has 0 bridgehead atoms. The molecule has 1 aliphatic heterocycles. The van der Waals surface area contributed by atoms with Crippen LogP contribution in [0.25, 0.3) is 0 Å². The number of carbonyl (C=O) groups excluding carboxylic acids is 1. The third kappa shape index (κ3) is 3.76. The second-order valence-corrected chi connectivity index (χ2v) is 5.43. The van der Waals surface area contributed by atoms with Crippen LogP contribution in [0, 0.1) is 0 Å². The highest BCUT2D eigenvalue weighted by Gasteiger charge is 2.27. The Morgan fingerprint density at radius 2 is 1.75 bits per heavy atom. The van der Waals surface area contributed by atoms with E-state index >= 15 is 0 Å². The standard InChI is InChI=1S/C12H25N3O/c1-12(2,3)15-9-7-14(8-10-15)11(16)5-4-6-13/h4-10,13H2,1-3H3. The lowest BCUT2D eigenvalue weighted by Crippen LogP contribution is -2.54. The lowest BCUT2D eigenvalue weighted by atomic mass is 10.0. The molecule has 16 heavy (non-hydrogen) atoms. The van der Waals surface area contributed by atoms with Crippen molar-refractivity contribution in [2.75, 3.05) is 32.7 Å². The maximum Gasteiger partial charge on any atom is 0.222 e. The second kappa shape index (κ2) is 5.64. The Morgan fingerprint density at radius 1 is 1.19 bits per heavy atom. The molecule has 0 aromatic carbocycles. The van der Waals surface area contributed by atoms with Crippen molar-refractivity contribution in [1.82, 2.24) is 9.80 Å². The lowest BCUT2D eigenvalue weighted by molar-refractivity contribution is -0.133. The Kier molecular flexibility index (Phi) is 4.74. The molecule has 1 fully saturated rings. The van der Waals surface area contributed by atoms with Crippen LogP contribution in [0.4, 0.5) is 0 Å². The molecular weight excluding hydrogens is 202 g/mol. The molecule has 4 heteroatoms. The van der Waals surface area contributed by atoms with Gasteiger partial charge in [0.1, 0.15) is 0 Å². The molecule has 94 valence electrons. The fourth-order valence-electron chi connectivity index (χ4n) is 2.04. The molecule has 0 aliphatic carbocycles. The van der Waals surface area contributed by atoms with Crippen LogP contribution >= 0.6 is 0 Å². The van der Waals surface area contributed by atoms with Gasteiger partial charge in [-0.15, -0.1) is 0 Å². The van der Waals surface area contributed by atoms with Crippen LogP contribution in [-0.2, 0) is 4.79 Å². The third-order valence-electron chi connectivity index (χ3n) is 3.18. The van der Waals surface area contributed by atoms with E-state index in [1.54, 1.807) is 0 Å². The summed E-state index contributed by atoms with van der Waals surface area (Å²) in [4.78, 5) is 16.2. The van der Waals surface area contributed by atoms with E-state index in [-0.39, 0.29) is 11.4 Å². The van der Waals surface area contributed by atoms with Gasteiger partial charge in [0.05, 0.1) is 0 Å². The first-order valence-electron chi connectivity index (χ1n) is 6.18. The largest absolute Gasteiger partial charge is 0.340 e. The third-order valence-corrected chi connectivity index (χ3v) is 3.18. The normalized spacial score (nSPS) is 18.9. The monoisotopic (exact) mass is 227 g/mol. The number of rotatable bonds is 3. The second-order valence-electron chi connectivity index (χ2n) is 5.43. The fourth-order valence-corrected chi connectivity index (χ4v) is 2.04. The van der Waals surface area contributed by atoms with Crippen LogP contribution in [0.2, 0.25) is 0 Å². The Morgan fingerprint density at radius 3 is 2.19 bits per heavy atom. The number of hydrogen-bond donors (Lipinski definition) is 1. The van der Waals surface area contributed by atoms with E-state index in [1.165, 1.54) is 0 Å². The van der Waals surface area contributed by atoms with Gasteiger partial charge < -0.3 is 10.6 Å². The van der Waals surface area contributed by atoms with Crippen molar-refractivity contribution >= 4 is 5.91 Å². The van der Waals surface area contributed by atoms with Gasteiger partial charge in [-0.25, -0.2) is 0 Å². The quantitative estimate of drug-likeness (QED) is 0.771. The first-order valence-corrected chi connectivity index (χ1v) is 6.18. The molecule has 1 heterocycles. The van der Waals surface area contributed by atoms with E-state index < -0.39 is 0 Å². The summed E-state index contributed by atoms with van der Waals surface area (Å²) in [5.74, 6) is 0.263. The summed E-state index contributed by atoms with van der Waals surface area (Å²) in [6.07, 6.45) is 1.41. The van der Waals surface area contributed by atoms with E-state index in [4.69, 9.17) is 5.73 Å². The first-order chi connectivity index (χ1) is 7.45. The number of nitrogens with two attached hydrogens (primary N) is 1. The van der Waals surface area contributed by atoms with E-state index in [9.17, 15) is 4.79 Å². The lowest BCUT2D eigenvalue weighted by Gasteiger charge is -2.42. The molecule has 4 nitrogen and oxygen atoms in total. The highest BCUT2D eigenvalue weighted by Crippen LogP contribution is 2.16. The van der Waals surface area contributed by atoms with E-state index in [1.807, 2.05) is 4.90 Å². The molecule has 2 N–H and O–H groups in total.